The molecular formula is C48H37O4P2Ru. The molecule has 0 amide bonds. The average Bonchev–Trinajstić information content (AvgIpc) is 3.20. The summed E-state index contributed by atoms with van der Waals surface area (Å²) >= 11 is 3.03. The molecule has 0 saturated carbocycles. The Morgan fingerprint density at radius 1 is 0.436 bits per heavy atom. The Morgan fingerprint density at radius 3 is 1.22 bits per heavy atom. The van der Waals surface area contributed by atoms with Crippen molar-refractivity contribution in [3.63, 3.8) is 0 Å². The van der Waals surface area contributed by atoms with E-state index in [2.05, 4.69) is 206 Å². The first-order valence-electron chi connectivity index (χ1n) is 17.6. The summed E-state index contributed by atoms with van der Waals surface area (Å²) in [6.07, 6.45) is 0. The molecule has 0 unspecified atom stereocenters. The summed E-state index contributed by atoms with van der Waals surface area (Å²) in [4.78, 5) is 17.8. The summed E-state index contributed by atoms with van der Waals surface area (Å²) in [7, 11) is -1.76. The number of carboxylic acids is 2. The van der Waals surface area contributed by atoms with Crippen LogP contribution in [0.15, 0.2) is 188 Å². The van der Waals surface area contributed by atoms with E-state index in [1.165, 1.54) is 68.7 Å². The van der Waals surface area contributed by atoms with Crippen LogP contribution in [0.5, 0.6) is 0 Å². The van der Waals surface area contributed by atoms with Crippen molar-refractivity contribution in [1.82, 2.24) is 0 Å². The van der Waals surface area contributed by atoms with E-state index in [1.807, 2.05) is 0 Å². The first-order chi connectivity index (χ1) is 26.7. The van der Waals surface area contributed by atoms with E-state index in [4.69, 9.17) is 19.8 Å². The predicted molar refractivity (Wildman–Crippen MR) is 225 cm³/mol. The molecule has 0 heterocycles. The van der Waals surface area contributed by atoms with E-state index in [1.54, 1.807) is 0 Å². The third-order valence-corrected chi connectivity index (χ3v) is 14.7. The van der Waals surface area contributed by atoms with Gasteiger partial charge >= 0.3 is 291 Å². The molecule has 0 aliphatic heterocycles. The molecule has 4 nitrogen and oxygen atoms in total. The number of hydrogen-bond donors (Lipinski definition) is 0. The molecule has 55 heavy (non-hydrogen) atoms. The molecule has 0 radical (unpaired) electrons. The zero-order valence-corrected chi connectivity index (χ0v) is 33.8. The Labute approximate surface area is 334 Å². The van der Waals surface area contributed by atoms with Crippen LogP contribution in [-0.4, -0.2) is 11.9 Å². The maximum atomic E-state index is 8.89. The van der Waals surface area contributed by atoms with Gasteiger partial charge in [0.05, 0.1) is 0 Å². The van der Waals surface area contributed by atoms with E-state index in [9.17, 15) is 0 Å². The molecule has 8 aromatic rings. The van der Waals surface area contributed by atoms with E-state index in [0.717, 1.165) is 13.8 Å². The fraction of sp³-hybridized carbons (Fsp3) is 0.0417. The molecule has 0 aromatic heterocycles. The summed E-state index contributed by atoms with van der Waals surface area (Å²) in [5, 5.41) is 31.1. The van der Waals surface area contributed by atoms with Gasteiger partial charge in [0.2, 0.25) is 0 Å². The summed E-state index contributed by atoms with van der Waals surface area (Å²) in [6.45, 7) is 1.94. The topological polar surface area (TPSA) is 80.3 Å². The van der Waals surface area contributed by atoms with Crippen LogP contribution < -0.4 is 46.2 Å². The number of hydrogen-bond acceptors (Lipinski definition) is 4. The van der Waals surface area contributed by atoms with Gasteiger partial charge in [0.15, 0.2) is 0 Å². The van der Waals surface area contributed by atoms with Crippen LogP contribution in [0.3, 0.4) is 0 Å². The van der Waals surface area contributed by atoms with Gasteiger partial charge in [-0.05, 0) is 13.8 Å². The molecule has 0 saturated heterocycles. The number of benzene rings is 8. The second-order valence-electron chi connectivity index (χ2n) is 12.5. The van der Waals surface area contributed by atoms with E-state index in [0.29, 0.717) is 0 Å². The van der Waals surface area contributed by atoms with Crippen LogP contribution in [0, 0.1) is 0 Å². The van der Waals surface area contributed by atoms with Gasteiger partial charge in [-0.1, -0.05) is 0 Å². The molecule has 0 aliphatic carbocycles. The normalized spacial score (nSPS) is 10.7. The fourth-order valence-electron chi connectivity index (χ4n) is 6.62. The van der Waals surface area contributed by atoms with Crippen LogP contribution in [0.25, 0.3) is 32.7 Å². The Hall–Kier alpha value is -5.30. The van der Waals surface area contributed by atoms with E-state index in [-0.39, 0.29) is 0 Å². The Morgan fingerprint density at radius 2 is 0.782 bits per heavy atom. The van der Waals surface area contributed by atoms with Gasteiger partial charge in [-0.2, -0.15) is 0 Å². The quantitative estimate of drug-likeness (QED) is 0.149. The Balaban J connectivity index is 0.000000589. The van der Waals surface area contributed by atoms with Crippen LogP contribution >= 0.6 is 15.8 Å². The minimum atomic E-state index is -1.08. The molecular weight excluding hydrogens is 804 g/mol. The van der Waals surface area contributed by atoms with Crippen molar-refractivity contribution in [1.29, 1.82) is 0 Å². The fourth-order valence-corrected chi connectivity index (χ4v) is 12.6. The molecule has 0 spiro atoms. The Kier molecular flexibility index (Phi) is 13.5. The third kappa shape index (κ3) is 9.51. The van der Waals surface area contributed by atoms with Gasteiger partial charge in [0, 0.05) is 11.9 Å². The van der Waals surface area contributed by atoms with Gasteiger partial charge in [0.1, 0.15) is 0 Å². The monoisotopic (exact) mass is 841 g/mol. The first-order valence-corrected chi connectivity index (χ1v) is 21.2. The van der Waals surface area contributed by atoms with Crippen molar-refractivity contribution < 1.29 is 38.1 Å². The molecule has 271 valence electrons. The van der Waals surface area contributed by atoms with Crippen molar-refractivity contribution in [3.05, 3.63) is 188 Å². The first kappa shape index (κ1) is 39.4. The molecule has 0 N–H and O–H groups in total. The molecule has 0 atom stereocenters. The number of rotatable bonds is 7. The average molecular weight is 841 g/mol. The summed E-state index contributed by atoms with van der Waals surface area (Å²) in [5.41, 5.74) is 2.70. The molecule has 7 heteroatoms. The van der Waals surface area contributed by atoms with Crippen molar-refractivity contribution in [3.8, 4) is 11.1 Å². The zero-order chi connectivity index (χ0) is 38.7. The standard InChI is InChI=1S/C44H31P2.2C2H4O2.Ru/c1-5-19-35(20-6-1)45(36-21-7-2-8-22-36)41-31-29-33-17-13-15-27-39(33)43(41)44-40-28-16-14-18-34(40)30-32-42(44)46(37-23-9-3-10-24-37)38-25-11-4-12-26-38;2*1-2(3)4;/h1-31H;2*1H3,(H,3,4);/q;;;+2/p-2. The van der Waals surface area contributed by atoms with Crippen molar-refractivity contribution in [2.45, 2.75) is 13.8 Å². The molecule has 0 fully saturated rings. The van der Waals surface area contributed by atoms with Crippen molar-refractivity contribution >= 4 is 85.3 Å². The van der Waals surface area contributed by atoms with Gasteiger partial charge in [-0.25, -0.2) is 0 Å². The molecule has 8 rings (SSSR count). The minimum absolute atomic E-state index is 0.867. The molecule has 0 aliphatic rings. The van der Waals surface area contributed by atoms with Crippen LogP contribution in [0.4, 0.5) is 0 Å². The molecule has 0 bridgehead atoms. The summed E-state index contributed by atoms with van der Waals surface area (Å²) in [5.74, 6) is -2.17. The zero-order valence-electron chi connectivity index (χ0n) is 30.3. The van der Waals surface area contributed by atoms with Gasteiger partial charge < -0.3 is 19.8 Å². The summed E-state index contributed by atoms with van der Waals surface area (Å²) in [6, 6.07) is 69.6. The SMILES string of the molecule is CC(=O)[O-].CC(=O)[O-].[Ru+2][c]1cc2ccccc2c(-c2c(P(c3ccccc3)c3ccccc3)ccc3ccccc23)c1P(c1ccccc1)c1ccccc1. The van der Waals surface area contributed by atoms with Crippen LogP contribution in [-0.2, 0) is 27.9 Å². The second kappa shape index (κ2) is 18.8. The third-order valence-electron chi connectivity index (χ3n) is 8.65. The van der Waals surface area contributed by atoms with Gasteiger partial charge in [0.25, 0.3) is 0 Å². The van der Waals surface area contributed by atoms with Crippen molar-refractivity contribution in [2.75, 3.05) is 0 Å². The second-order valence-corrected chi connectivity index (χ2v) is 17.7. The number of aliphatic carboxylic acids is 2. The van der Waals surface area contributed by atoms with Gasteiger partial charge in [-0.15, -0.1) is 0 Å². The maximum absolute atomic E-state index is 8.89. The number of carbonyl (C=O) groups excluding carboxylic acids is 2. The van der Waals surface area contributed by atoms with Crippen molar-refractivity contribution in [2.24, 2.45) is 0 Å². The number of carboxylic acid groups (broad SMARTS) is 2. The predicted octanol–water partition coefficient (Wildman–Crippen LogP) is 5.86. The number of fused-ring (bicyclic) bond motifs is 2. The van der Waals surface area contributed by atoms with E-state index >= 15 is 0 Å². The van der Waals surface area contributed by atoms with E-state index < -0.39 is 27.8 Å². The van der Waals surface area contributed by atoms with Crippen LogP contribution in [0.2, 0.25) is 0 Å². The number of carbonyl (C=O) groups is 2. The summed E-state index contributed by atoms with van der Waals surface area (Å²) < 4.78 is 1.26. The van der Waals surface area contributed by atoms with Gasteiger partial charge in [-0.3, -0.25) is 0 Å². The van der Waals surface area contributed by atoms with Crippen LogP contribution in [0.1, 0.15) is 13.8 Å². The Bertz CT molecular complexity index is 2430. The molecule has 8 aromatic carbocycles.